The third kappa shape index (κ3) is 3.83. The molecule has 1 aliphatic heterocycles. The van der Waals surface area contributed by atoms with E-state index in [1.54, 1.807) is 5.56 Å². The summed E-state index contributed by atoms with van der Waals surface area (Å²) in [5.41, 5.74) is 3.06. The van der Waals surface area contributed by atoms with Gasteiger partial charge in [-0.25, -0.2) is 0 Å². The van der Waals surface area contributed by atoms with E-state index in [9.17, 15) is 0 Å². The summed E-state index contributed by atoms with van der Waals surface area (Å²) in [6.45, 7) is 6.94. The third-order valence-corrected chi connectivity index (χ3v) is 4.74. The van der Waals surface area contributed by atoms with Gasteiger partial charge in [0.25, 0.3) is 0 Å². The van der Waals surface area contributed by atoms with Crippen molar-refractivity contribution in [2.24, 2.45) is 0 Å². The highest BCUT2D eigenvalue weighted by atomic mass is 15.1. The van der Waals surface area contributed by atoms with E-state index in [1.807, 2.05) is 0 Å². The zero-order chi connectivity index (χ0) is 13.8. The minimum atomic E-state index is 0.704. The maximum Gasteiger partial charge on any atom is 0.0234 e. The lowest BCUT2D eigenvalue weighted by molar-refractivity contribution is 0.226. The van der Waals surface area contributed by atoms with Gasteiger partial charge in [0.05, 0.1) is 0 Å². The topological polar surface area (TPSA) is 15.3 Å². The van der Waals surface area contributed by atoms with E-state index in [0.717, 1.165) is 19.0 Å². The first-order valence-electron chi connectivity index (χ1n) is 8.39. The Morgan fingerprint density at radius 3 is 2.80 bits per heavy atom. The smallest absolute Gasteiger partial charge is 0.0234 e. The summed E-state index contributed by atoms with van der Waals surface area (Å²) in [6, 6.07) is 9.99. The molecular formula is C18H28N2. The number of hydrogen-bond donors (Lipinski definition) is 1. The molecule has 1 aliphatic carbocycles. The molecule has 1 heterocycles. The van der Waals surface area contributed by atoms with E-state index in [1.165, 1.54) is 50.8 Å². The molecule has 2 aliphatic rings. The second-order valence-corrected chi connectivity index (χ2v) is 6.49. The largest absolute Gasteiger partial charge is 0.313 e. The molecule has 2 heteroatoms. The second kappa shape index (κ2) is 6.73. The number of piperidine rings is 1. The minimum Gasteiger partial charge on any atom is -0.313 e. The monoisotopic (exact) mass is 272 g/mol. The summed E-state index contributed by atoms with van der Waals surface area (Å²) in [5.74, 6) is 0.866. The van der Waals surface area contributed by atoms with Crippen LogP contribution in [0.5, 0.6) is 0 Å². The van der Waals surface area contributed by atoms with E-state index < -0.39 is 0 Å². The average Bonchev–Trinajstić information content (AvgIpc) is 3.33. The minimum absolute atomic E-state index is 0.704. The molecule has 2 fully saturated rings. The average molecular weight is 272 g/mol. The maximum absolute atomic E-state index is 3.67. The molecule has 0 spiro atoms. The van der Waals surface area contributed by atoms with Crippen LogP contribution in [0.25, 0.3) is 0 Å². The first kappa shape index (κ1) is 14.1. The summed E-state index contributed by atoms with van der Waals surface area (Å²) in [4.78, 5) is 2.59. The molecule has 1 saturated heterocycles. The summed E-state index contributed by atoms with van der Waals surface area (Å²) in [6.07, 6.45) is 6.89. The van der Waals surface area contributed by atoms with Crippen molar-refractivity contribution in [2.75, 3.05) is 19.6 Å². The van der Waals surface area contributed by atoms with Crippen molar-refractivity contribution in [3.8, 4) is 0 Å². The fourth-order valence-corrected chi connectivity index (χ4v) is 3.32. The lowest BCUT2D eigenvalue weighted by Crippen LogP contribution is -2.43. The lowest BCUT2D eigenvalue weighted by Gasteiger charge is -2.30. The van der Waals surface area contributed by atoms with Crippen LogP contribution in [0.3, 0.4) is 0 Å². The molecule has 0 amide bonds. The normalized spacial score (nSPS) is 23.2. The SMILES string of the molecule is CCN(Cc1cccc(C2CC2)c1)CC1CCCCN1. The highest BCUT2D eigenvalue weighted by molar-refractivity contribution is 5.29. The van der Waals surface area contributed by atoms with Crippen LogP contribution >= 0.6 is 0 Å². The fourth-order valence-electron chi connectivity index (χ4n) is 3.32. The van der Waals surface area contributed by atoms with Crippen LogP contribution < -0.4 is 5.32 Å². The molecule has 1 aromatic rings. The van der Waals surface area contributed by atoms with Gasteiger partial charge in [-0.05, 0) is 55.8 Å². The molecule has 110 valence electrons. The molecular weight excluding hydrogens is 244 g/mol. The van der Waals surface area contributed by atoms with Gasteiger partial charge in [0.2, 0.25) is 0 Å². The molecule has 1 atom stereocenters. The number of nitrogens with zero attached hydrogens (tertiary/aromatic N) is 1. The summed E-state index contributed by atoms with van der Waals surface area (Å²) < 4.78 is 0. The Hall–Kier alpha value is -0.860. The first-order valence-corrected chi connectivity index (χ1v) is 8.39. The molecule has 1 unspecified atom stereocenters. The Kier molecular flexibility index (Phi) is 4.74. The van der Waals surface area contributed by atoms with Crippen molar-refractivity contribution in [3.63, 3.8) is 0 Å². The van der Waals surface area contributed by atoms with Crippen LogP contribution in [-0.4, -0.2) is 30.6 Å². The van der Waals surface area contributed by atoms with Crippen molar-refractivity contribution in [2.45, 2.75) is 57.5 Å². The summed E-state index contributed by atoms with van der Waals surface area (Å²) >= 11 is 0. The van der Waals surface area contributed by atoms with E-state index in [0.29, 0.717) is 6.04 Å². The quantitative estimate of drug-likeness (QED) is 0.852. The van der Waals surface area contributed by atoms with Crippen molar-refractivity contribution in [3.05, 3.63) is 35.4 Å². The highest BCUT2D eigenvalue weighted by Gasteiger charge is 2.23. The van der Waals surface area contributed by atoms with E-state index in [4.69, 9.17) is 0 Å². The number of likely N-dealkylation sites (N-methyl/N-ethyl adjacent to an activating group) is 1. The van der Waals surface area contributed by atoms with Gasteiger partial charge >= 0.3 is 0 Å². The molecule has 20 heavy (non-hydrogen) atoms. The molecule has 0 aromatic heterocycles. The molecule has 2 nitrogen and oxygen atoms in total. The summed E-state index contributed by atoms with van der Waals surface area (Å²) in [5, 5.41) is 3.67. The Morgan fingerprint density at radius 1 is 1.20 bits per heavy atom. The van der Waals surface area contributed by atoms with Crippen molar-refractivity contribution < 1.29 is 0 Å². The Balaban J connectivity index is 1.57. The number of benzene rings is 1. The number of rotatable bonds is 6. The van der Waals surface area contributed by atoms with Crippen molar-refractivity contribution >= 4 is 0 Å². The number of nitrogens with one attached hydrogen (secondary N) is 1. The second-order valence-electron chi connectivity index (χ2n) is 6.49. The molecule has 1 aromatic carbocycles. The Bertz CT molecular complexity index is 419. The Labute approximate surface area is 123 Å². The molecule has 1 N–H and O–H groups in total. The Morgan fingerprint density at radius 2 is 2.10 bits per heavy atom. The van der Waals surface area contributed by atoms with Gasteiger partial charge < -0.3 is 5.32 Å². The van der Waals surface area contributed by atoms with Gasteiger partial charge in [0, 0.05) is 19.1 Å². The van der Waals surface area contributed by atoms with Crippen molar-refractivity contribution in [1.82, 2.24) is 10.2 Å². The van der Waals surface area contributed by atoms with Gasteiger partial charge in [0.1, 0.15) is 0 Å². The van der Waals surface area contributed by atoms with E-state index in [2.05, 4.69) is 41.4 Å². The van der Waals surface area contributed by atoms with Gasteiger partial charge in [-0.3, -0.25) is 4.90 Å². The predicted molar refractivity (Wildman–Crippen MR) is 85.0 cm³/mol. The number of hydrogen-bond acceptors (Lipinski definition) is 2. The van der Waals surface area contributed by atoms with Crippen molar-refractivity contribution in [1.29, 1.82) is 0 Å². The summed E-state index contributed by atoms with van der Waals surface area (Å²) in [7, 11) is 0. The van der Waals surface area contributed by atoms with Crippen LogP contribution in [0.4, 0.5) is 0 Å². The fraction of sp³-hybridized carbons (Fsp3) is 0.667. The van der Waals surface area contributed by atoms with Gasteiger partial charge in [-0.2, -0.15) is 0 Å². The van der Waals surface area contributed by atoms with Gasteiger partial charge in [0.15, 0.2) is 0 Å². The van der Waals surface area contributed by atoms with Crippen LogP contribution in [0.2, 0.25) is 0 Å². The van der Waals surface area contributed by atoms with Gasteiger partial charge in [-0.1, -0.05) is 37.6 Å². The molecule has 0 bridgehead atoms. The van der Waals surface area contributed by atoms with E-state index >= 15 is 0 Å². The van der Waals surface area contributed by atoms with Crippen LogP contribution in [0, 0.1) is 0 Å². The first-order chi connectivity index (χ1) is 9.85. The van der Waals surface area contributed by atoms with Gasteiger partial charge in [-0.15, -0.1) is 0 Å². The molecule has 0 radical (unpaired) electrons. The van der Waals surface area contributed by atoms with Crippen LogP contribution in [0.1, 0.15) is 56.1 Å². The zero-order valence-corrected chi connectivity index (χ0v) is 12.8. The van der Waals surface area contributed by atoms with Crippen LogP contribution in [0.15, 0.2) is 24.3 Å². The molecule has 1 saturated carbocycles. The standard InChI is InChI=1S/C18H28N2/c1-2-20(14-18-8-3-4-11-19-18)13-15-6-5-7-17(12-15)16-9-10-16/h5-7,12,16,18-19H,2-4,8-11,13-14H2,1H3. The third-order valence-electron chi connectivity index (χ3n) is 4.74. The lowest BCUT2D eigenvalue weighted by atomic mass is 10.0. The highest BCUT2D eigenvalue weighted by Crippen LogP contribution is 2.40. The molecule has 3 rings (SSSR count). The maximum atomic E-state index is 3.67. The van der Waals surface area contributed by atoms with Crippen LogP contribution in [-0.2, 0) is 6.54 Å². The van der Waals surface area contributed by atoms with E-state index in [-0.39, 0.29) is 0 Å². The zero-order valence-electron chi connectivity index (χ0n) is 12.8. The predicted octanol–water partition coefficient (Wildman–Crippen LogP) is 3.53.